The van der Waals surface area contributed by atoms with Crippen molar-refractivity contribution in [3.05, 3.63) is 58.9 Å². The number of nitrogens with one attached hydrogen (secondary N) is 2. The van der Waals surface area contributed by atoms with Crippen LogP contribution in [-0.2, 0) is 18.6 Å². The maximum atomic E-state index is 13.5. The third-order valence-electron chi connectivity index (χ3n) is 6.16. The summed E-state index contributed by atoms with van der Waals surface area (Å²) < 4.78 is 23.0. The molecule has 1 fully saturated rings. The maximum absolute atomic E-state index is 13.5. The van der Waals surface area contributed by atoms with Crippen molar-refractivity contribution in [3.8, 4) is 22.6 Å². The summed E-state index contributed by atoms with van der Waals surface area (Å²) in [4.78, 5) is 59.9. The Hall–Kier alpha value is -3.48. The summed E-state index contributed by atoms with van der Waals surface area (Å²) in [6.45, 7) is 3.61. The van der Waals surface area contributed by atoms with Crippen molar-refractivity contribution in [1.29, 1.82) is 0 Å². The van der Waals surface area contributed by atoms with Gasteiger partial charge in [0.1, 0.15) is 11.7 Å². The molecule has 3 aromatic rings. The lowest BCUT2D eigenvalue weighted by atomic mass is 10.1. The highest BCUT2D eigenvalue weighted by Crippen LogP contribution is 2.42. The molecule has 2 amide bonds. The number of ether oxygens (including phenoxy) is 1. The van der Waals surface area contributed by atoms with Crippen LogP contribution in [0.25, 0.3) is 22.6 Å². The fraction of sp³-hybridized carbons (Fsp3) is 0.370. The van der Waals surface area contributed by atoms with Crippen LogP contribution < -0.4 is 10.6 Å². The van der Waals surface area contributed by atoms with Crippen LogP contribution in [0.3, 0.4) is 0 Å². The molecule has 4 rings (SSSR count). The zero-order valence-corrected chi connectivity index (χ0v) is 24.2. The van der Waals surface area contributed by atoms with Crippen LogP contribution >= 0.6 is 18.9 Å². The molecule has 14 heteroatoms. The number of esters is 1. The summed E-state index contributed by atoms with van der Waals surface area (Å²) in [5.41, 5.74) is 1.84. The molecular weight excluding hydrogens is 569 g/mol. The van der Waals surface area contributed by atoms with Gasteiger partial charge >= 0.3 is 19.7 Å². The van der Waals surface area contributed by atoms with Crippen LogP contribution in [0.2, 0.25) is 0 Å². The van der Waals surface area contributed by atoms with Gasteiger partial charge in [-0.2, -0.15) is 11.3 Å². The van der Waals surface area contributed by atoms with E-state index in [0.717, 1.165) is 12.0 Å². The number of hydrogen-bond donors (Lipinski definition) is 3. The predicted molar refractivity (Wildman–Crippen MR) is 154 cm³/mol. The number of carbonyl (C=O) groups excluding carboxylic acids is 3. The number of rotatable bonds is 11. The molecule has 41 heavy (non-hydrogen) atoms. The monoisotopic (exact) mass is 601 g/mol. The van der Waals surface area contributed by atoms with Crippen molar-refractivity contribution in [2.24, 2.45) is 0 Å². The van der Waals surface area contributed by atoms with Gasteiger partial charge in [-0.3, -0.25) is 9.36 Å². The van der Waals surface area contributed by atoms with Gasteiger partial charge in [-0.15, -0.1) is 0 Å². The lowest BCUT2D eigenvalue weighted by molar-refractivity contribution is -0.140. The summed E-state index contributed by atoms with van der Waals surface area (Å²) in [5.74, 6) is -1.71. The van der Waals surface area contributed by atoms with Crippen molar-refractivity contribution in [1.82, 2.24) is 25.5 Å². The van der Waals surface area contributed by atoms with Crippen LogP contribution in [0.5, 0.6) is 0 Å². The van der Waals surface area contributed by atoms with E-state index >= 15 is 0 Å². The first-order chi connectivity index (χ1) is 19.8. The molecule has 3 heterocycles. The molecule has 1 aliphatic heterocycles. The highest BCUT2D eigenvalue weighted by Gasteiger charge is 2.35. The predicted octanol–water partition coefficient (Wildman–Crippen LogP) is 3.54. The van der Waals surface area contributed by atoms with Crippen molar-refractivity contribution >= 4 is 36.9 Å². The van der Waals surface area contributed by atoms with E-state index in [4.69, 9.17) is 9.26 Å². The number of carbonyl (C=O) groups is 3. The second-order valence-electron chi connectivity index (χ2n) is 9.30. The maximum Gasteiger partial charge on any atom is 0.417 e. The van der Waals surface area contributed by atoms with E-state index < -0.39 is 37.8 Å². The van der Waals surface area contributed by atoms with Crippen molar-refractivity contribution in [2.45, 2.75) is 25.8 Å². The first-order valence-corrected chi connectivity index (χ1v) is 15.9. The molecule has 218 valence electrons. The number of nitrogens with zero attached hydrogens (tertiary/aromatic N) is 3. The van der Waals surface area contributed by atoms with Gasteiger partial charge in [0, 0.05) is 42.7 Å². The quantitative estimate of drug-likeness (QED) is 0.128. The first kappa shape index (κ1) is 30.5. The Kier molecular flexibility index (Phi) is 10.7. The fourth-order valence-electron chi connectivity index (χ4n) is 3.95. The fourth-order valence-corrected chi connectivity index (χ4v) is 5.82. The third kappa shape index (κ3) is 8.75. The number of benzene rings is 1. The van der Waals surface area contributed by atoms with Crippen molar-refractivity contribution in [3.63, 3.8) is 0 Å². The SMILES string of the molecule is CCCCOP(=O)(O)CC(NC(=O)c1cc(-c2ccsc2)nc(-c2ccccc2)n1)C(=O)OC(=O)N1CCNCC1. The molecule has 2 atom stereocenters. The Bertz CT molecular complexity index is 1380. The molecule has 0 bridgehead atoms. The van der Waals surface area contributed by atoms with Crippen LogP contribution in [0.15, 0.2) is 53.2 Å². The molecule has 2 unspecified atom stereocenters. The van der Waals surface area contributed by atoms with Gasteiger partial charge in [0.15, 0.2) is 5.82 Å². The van der Waals surface area contributed by atoms with Crippen LogP contribution in [0, 0.1) is 0 Å². The smallest absolute Gasteiger partial charge is 0.375 e. The van der Waals surface area contributed by atoms with E-state index in [-0.39, 0.29) is 18.1 Å². The second kappa shape index (κ2) is 14.4. The summed E-state index contributed by atoms with van der Waals surface area (Å²) in [6.07, 6.45) is -0.430. The highest BCUT2D eigenvalue weighted by atomic mass is 32.1. The van der Waals surface area contributed by atoms with Gasteiger partial charge in [-0.05, 0) is 23.9 Å². The Labute approximate surface area is 241 Å². The molecule has 12 nitrogen and oxygen atoms in total. The number of piperazine rings is 1. The average molecular weight is 602 g/mol. The van der Waals surface area contributed by atoms with Gasteiger partial charge in [-0.1, -0.05) is 43.7 Å². The lowest BCUT2D eigenvalue weighted by Gasteiger charge is -2.27. The molecule has 0 saturated carbocycles. The molecule has 0 spiro atoms. The Morgan fingerprint density at radius 1 is 1.15 bits per heavy atom. The van der Waals surface area contributed by atoms with Gasteiger partial charge in [0.05, 0.1) is 18.5 Å². The Balaban J connectivity index is 1.60. The molecule has 0 radical (unpaired) electrons. The number of amides is 2. The molecule has 1 aliphatic rings. The Morgan fingerprint density at radius 2 is 1.90 bits per heavy atom. The van der Waals surface area contributed by atoms with Gasteiger partial charge in [0.2, 0.25) is 0 Å². The van der Waals surface area contributed by atoms with Crippen molar-refractivity contribution in [2.75, 3.05) is 38.9 Å². The number of hydrogen-bond acceptors (Lipinski definition) is 10. The summed E-state index contributed by atoms with van der Waals surface area (Å²) in [6, 6.07) is 10.7. The topological polar surface area (TPSA) is 160 Å². The molecule has 2 aromatic heterocycles. The minimum absolute atomic E-state index is 0.00392. The standard InChI is InChI=1S/C27H32N5O7PS/c1-2-3-14-38-40(36,37)17-23(26(34)39-27(35)32-12-10-28-11-13-32)31-25(33)22-16-21(20-9-15-41-18-20)29-24(30-22)19-7-5-4-6-8-19/h4-9,15-16,18,23,28H,2-3,10-14,17H2,1H3,(H,31,33)(H,36,37). The van der Waals surface area contributed by atoms with Gasteiger partial charge in [-0.25, -0.2) is 19.6 Å². The highest BCUT2D eigenvalue weighted by molar-refractivity contribution is 7.52. The normalized spacial score (nSPS) is 15.5. The Morgan fingerprint density at radius 3 is 2.59 bits per heavy atom. The van der Waals surface area contributed by atoms with E-state index in [0.29, 0.717) is 43.9 Å². The van der Waals surface area contributed by atoms with E-state index in [1.165, 1.54) is 22.3 Å². The number of thiophene rings is 1. The van der Waals surface area contributed by atoms with Crippen LogP contribution in [-0.4, -0.2) is 82.7 Å². The minimum atomic E-state index is -4.34. The minimum Gasteiger partial charge on any atom is -0.375 e. The summed E-state index contributed by atoms with van der Waals surface area (Å²) in [5, 5.41) is 9.27. The zero-order valence-electron chi connectivity index (χ0n) is 22.5. The number of aromatic nitrogens is 2. The molecule has 1 saturated heterocycles. The van der Waals surface area contributed by atoms with Gasteiger partial charge in [0.25, 0.3) is 5.91 Å². The van der Waals surface area contributed by atoms with E-state index in [2.05, 4.69) is 20.6 Å². The van der Waals surface area contributed by atoms with E-state index in [9.17, 15) is 23.8 Å². The van der Waals surface area contributed by atoms with E-state index in [1.807, 2.05) is 41.9 Å². The summed E-state index contributed by atoms with van der Waals surface area (Å²) in [7, 11) is -4.34. The largest absolute Gasteiger partial charge is 0.417 e. The molecule has 3 N–H and O–H groups in total. The third-order valence-corrected chi connectivity index (χ3v) is 8.26. The van der Waals surface area contributed by atoms with Gasteiger partial charge < -0.3 is 29.7 Å². The summed E-state index contributed by atoms with van der Waals surface area (Å²) >= 11 is 1.46. The van der Waals surface area contributed by atoms with Crippen molar-refractivity contribution < 1.29 is 33.1 Å². The molecular formula is C27H32N5O7PS. The zero-order chi connectivity index (χ0) is 29.2. The second-order valence-corrected chi connectivity index (χ2v) is 12.0. The lowest BCUT2D eigenvalue weighted by Crippen LogP contribution is -2.50. The van der Waals surface area contributed by atoms with Crippen LogP contribution in [0.4, 0.5) is 4.79 Å². The van der Waals surface area contributed by atoms with Crippen LogP contribution in [0.1, 0.15) is 30.3 Å². The number of unbranched alkanes of at least 4 members (excludes halogenated alkanes) is 1. The van der Waals surface area contributed by atoms with E-state index in [1.54, 1.807) is 12.1 Å². The molecule has 1 aromatic carbocycles. The first-order valence-electron chi connectivity index (χ1n) is 13.2. The molecule has 0 aliphatic carbocycles. The average Bonchev–Trinajstić information content (AvgIpc) is 3.53.